The van der Waals surface area contributed by atoms with Crippen molar-refractivity contribution in [3.8, 4) is 12.3 Å². The lowest BCUT2D eigenvalue weighted by Crippen LogP contribution is -2.46. The third kappa shape index (κ3) is 2.86. The van der Waals surface area contributed by atoms with Gasteiger partial charge in [0.05, 0.1) is 0 Å². The van der Waals surface area contributed by atoms with Crippen LogP contribution in [0, 0.1) is 12.3 Å². The molecule has 2 amide bonds. The van der Waals surface area contributed by atoms with E-state index in [2.05, 4.69) is 5.92 Å². The zero-order valence-electron chi connectivity index (χ0n) is 7.99. The second kappa shape index (κ2) is 5.40. The largest absolute Gasteiger partial charge is 0.362 e. The van der Waals surface area contributed by atoms with Gasteiger partial charge in [0.1, 0.15) is 13.2 Å². The average molecular weight is 195 g/mol. The molecule has 14 heavy (non-hydrogen) atoms. The van der Waals surface area contributed by atoms with E-state index in [-0.39, 0.29) is 25.0 Å². The molecule has 76 valence electrons. The Labute approximate surface area is 83.2 Å². The van der Waals surface area contributed by atoms with E-state index in [1.807, 2.05) is 0 Å². The predicted molar refractivity (Wildman–Crippen MR) is 50.2 cm³/mol. The molecule has 0 unspecified atom stereocenters. The Hall–Kier alpha value is -1.34. The molecule has 1 rings (SSSR count). The molecule has 0 aliphatic carbocycles. The van der Waals surface area contributed by atoms with Gasteiger partial charge in [0.15, 0.2) is 0 Å². The third-order valence-corrected chi connectivity index (χ3v) is 2.01. The summed E-state index contributed by atoms with van der Waals surface area (Å²) < 4.78 is 4.78. The van der Waals surface area contributed by atoms with Crippen molar-refractivity contribution in [2.75, 3.05) is 19.8 Å². The predicted octanol–water partition coefficient (Wildman–Crippen LogP) is 0.175. The Balaban J connectivity index is 2.30. The van der Waals surface area contributed by atoms with Gasteiger partial charge in [-0.15, -0.1) is 12.3 Å². The summed E-state index contributed by atoms with van der Waals surface area (Å²) in [6.45, 7) is 0.491. The molecule has 0 aromatic carbocycles. The number of hydrogen-bond donors (Lipinski definition) is 0. The summed E-state index contributed by atoms with van der Waals surface area (Å²) in [5.74, 6) is 2.02. The van der Waals surface area contributed by atoms with Crippen LogP contribution in [-0.4, -0.2) is 36.5 Å². The molecular weight excluding hydrogens is 182 g/mol. The van der Waals surface area contributed by atoms with Gasteiger partial charge < -0.3 is 4.74 Å². The summed E-state index contributed by atoms with van der Waals surface area (Å²) in [6, 6.07) is 0. The van der Waals surface area contributed by atoms with E-state index in [1.165, 1.54) is 4.90 Å². The summed E-state index contributed by atoms with van der Waals surface area (Å²) in [5.41, 5.74) is 0. The molecular formula is C10H13NO3. The number of carbonyl (C=O) groups is 2. The second-order valence-corrected chi connectivity index (χ2v) is 3.09. The van der Waals surface area contributed by atoms with Gasteiger partial charge in [0.2, 0.25) is 0 Å². The minimum atomic E-state index is -0.248. The highest BCUT2D eigenvalue weighted by Gasteiger charge is 2.25. The molecule has 0 N–H and O–H groups in total. The van der Waals surface area contributed by atoms with Crippen LogP contribution < -0.4 is 0 Å². The molecule has 4 nitrogen and oxygen atoms in total. The summed E-state index contributed by atoms with van der Waals surface area (Å²) in [7, 11) is 0. The first-order valence-corrected chi connectivity index (χ1v) is 4.60. The molecule has 0 saturated carbocycles. The van der Waals surface area contributed by atoms with Crippen molar-refractivity contribution in [2.45, 2.75) is 19.3 Å². The number of carbonyl (C=O) groups excluding carboxylic acids is 2. The van der Waals surface area contributed by atoms with Crippen LogP contribution in [0.4, 0.5) is 0 Å². The fourth-order valence-electron chi connectivity index (χ4n) is 1.27. The van der Waals surface area contributed by atoms with Crippen molar-refractivity contribution < 1.29 is 14.3 Å². The Morgan fingerprint density at radius 1 is 1.29 bits per heavy atom. The summed E-state index contributed by atoms with van der Waals surface area (Å²) in [6.07, 6.45) is 7.38. The van der Waals surface area contributed by atoms with Crippen LogP contribution in [0.15, 0.2) is 0 Å². The molecule has 0 aromatic heterocycles. The fourth-order valence-corrected chi connectivity index (χ4v) is 1.27. The van der Waals surface area contributed by atoms with Gasteiger partial charge in [-0.2, -0.15) is 0 Å². The number of rotatable bonds is 4. The second-order valence-electron chi connectivity index (χ2n) is 3.09. The van der Waals surface area contributed by atoms with E-state index in [1.54, 1.807) is 0 Å². The van der Waals surface area contributed by atoms with E-state index < -0.39 is 0 Å². The van der Waals surface area contributed by atoms with Crippen LogP contribution in [0.5, 0.6) is 0 Å². The van der Waals surface area contributed by atoms with E-state index in [0.29, 0.717) is 13.0 Å². The molecule has 1 saturated heterocycles. The monoisotopic (exact) mass is 195 g/mol. The van der Waals surface area contributed by atoms with Crippen molar-refractivity contribution in [3.63, 3.8) is 0 Å². The van der Waals surface area contributed by atoms with Crippen LogP contribution in [0.3, 0.4) is 0 Å². The Morgan fingerprint density at radius 3 is 2.50 bits per heavy atom. The van der Waals surface area contributed by atoms with Crippen molar-refractivity contribution in [3.05, 3.63) is 0 Å². The van der Waals surface area contributed by atoms with Crippen LogP contribution in [0.25, 0.3) is 0 Å². The smallest absolute Gasteiger partial charge is 0.255 e. The summed E-state index contributed by atoms with van der Waals surface area (Å²) >= 11 is 0. The van der Waals surface area contributed by atoms with Gasteiger partial charge in [-0.25, -0.2) is 0 Å². The molecule has 0 aromatic rings. The number of ether oxygens (including phenoxy) is 1. The average Bonchev–Trinajstić information content (AvgIpc) is 2.16. The number of terminal acetylenes is 1. The van der Waals surface area contributed by atoms with Gasteiger partial charge >= 0.3 is 0 Å². The van der Waals surface area contributed by atoms with Crippen LogP contribution in [-0.2, 0) is 14.3 Å². The molecule has 4 heteroatoms. The number of hydrogen-bond acceptors (Lipinski definition) is 3. The molecule has 0 bridgehead atoms. The molecule has 0 atom stereocenters. The zero-order chi connectivity index (χ0) is 10.4. The maximum Gasteiger partial charge on any atom is 0.255 e. The van der Waals surface area contributed by atoms with E-state index >= 15 is 0 Å². The number of imide groups is 1. The summed E-state index contributed by atoms with van der Waals surface area (Å²) in [5, 5.41) is 0. The highest BCUT2D eigenvalue weighted by Crippen LogP contribution is 2.04. The van der Waals surface area contributed by atoms with Crippen LogP contribution in [0.2, 0.25) is 0 Å². The Kier molecular flexibility index (Phi) is 4.14. The molecule has 1 fully saturated rings. The quantitative estimate of drug-likeness (QED) is 0.365. The van der Waals surface area contributed by atoms with Gasteiger partial charge in [0.25, 0.3) is 11.8 Å². The standard InChI is InChI=1S/C10H13NO3/c1-2-3-4-5-6-11-9(12)7-14-8-10(11)13/h1H,3-8H2. The lowest BCUT2D eigenvalue weighted by Gasteiger charge is -2.24. The number of unbranched alkanes of at least 4 members (excludes halogenated alkanes) is 2. The number of nitrogens with zero attached hydrogens (tertiary/aromatic N) is 1. The maximum absolute atomic E-state index is 11.2. The van der Waals surface area contributed by atoms with Crippen LogP contribution >= 0.6 is 0 Å². The van der Waals surface area contributed by atoms with Gasteiger partial charge in [-0.05, 0) is 12.8 Å². The fraction of sp³-hybridized carbons (Fsp3) is 0.600. The molecule has 1 heterocycles. The highest BCUT2D eigenvalue weighted by atomic mass is 16.5. The number of amides is 2. The first-order chi connectivity index (χ1) is 6.75. The van der Waals surface area contributed by atoms with Crippen molar-refractivity contribution in [1.82, 2.24) is 4.90 Å². The minimum absolute atomic E-state index is 0.0148. The van der Waals surface area contributed by atoms with E-state index in [9.17, 15) is 9.59 Å². The zero-order valence-corrected chi connectivity index (χ0v) is 7.99. The topological polar surface area (TPSA) is 46.6 Å². The first kappa shape index (κ1) is 10.7. The lowest BCUT2D eigenvalue weighted by molar-refractivity contribution is -0.158. The van der Waals surface area contributed by atoms with Gasteiger partial charge in [-0.3, -0.25) is 14.5 Å². The van der Waals surface area contributed by atoms with Gasteiger partial charge in [0, 0.05) is 13.0 Å². The Morgan fingerprint density at radius 2 is 1.93 bits per heavy atom. The first-order valence-electron chi connectivity index (χ1n) is 4.60. The number of morpholine rings is 1. The van der Waals surface area contributed by atoms with Crippen molar-refractivity contribution in [1.29, 1.82) is 0 Å². The molecule has 1 aliphatic heterocycles. The van der Waals surface area contributed by atoms with Crippen molar-refractivity contribution >= 4 is 11.8 Å². The molecule has 0 spiro atoms. The third-order valence-electron chi connectivity index (χ3n) is 2.01. The highest BCUT2D eigenvalue weighted by molar-refractivity contribution is 5.98. The van der Waals surface area contributed by atoms with E-state index in [4.69, 9.17) is 11.2 Å². The lowest BCUT2D eigenvalue weighted by atomic mass is 10.2. The van der Waals surface area contributed by atoms with Gasteiger partial charge in [-0.1, -0.05) is 0 Å². The Bertz CT molecular complexity index is 251. The summed E-state index contributed by atoms with van der Waals surface area (Å²) in [4.78, 5) is 23.7. The van der Waals surface area contributed by atoms with E-state index in [0.717, 1.165) is 12.8 Å². The molecule has 1 aliphatic rings. The molecule has 0 radical (unpaired) electrons. The maximum atomic E-state index is 11.2. The minimum Gasteiger partial charge on any atom is -0.362 e. The normalized spacial score (nSPS) is 16.9. The van der Waals surface area contributed by atoms with Crippen LogP contribution in [0.1, 0.15) is 19.3 Å². The SMILES string of the molecule is C#CCCCCN1C(=O)COCC1=O. The van der Waals surface area contributed by atoms with Crippen molar-refractivity contribution in [2.24, 2.45) is 0 Å².